The fourth-order valence-electron chi connectivity index (χ4n) is 2.42. The van der Waals surface area contributed by atoms with Gasteiger partial charge in [0.1, 0.15) is 0 Å². The van der Waals surface area contributed by atoms with Gasteiger partial charge in [-0.3, -0.25) is 0 Å². The molecule has 2 rings (SSSR count). The van der Waals surface area contributed by atoms with E-state index in [4.69, 9.17) is 16.3 Å². The summed E-state index contributed by atoms with van der Waals surface area (Å²) >= 11 is 5.84. The molecule has 1 aromatic carbocycles. The summed E-state index contributed by atoms with van der Waals surface area (Å²) in [5.41, 5.74) is 0.646. The summed E-state index contributed by atoms with van der Waals surface area (Å²) < 4.78 is 32.0. The Balaban J connectivity index is 2.16. The van der Waals surface area contributed by atoms with Crippen molar-refractivity contribution in [1.29, 1.82) is 0 Å². The standard InChI is InChI=1S/C14H20ClNO3S/c1-16(11-12-6-8-19-9-7-12)20(17,18)14-5-3-2-4-13(14)10-15/h2-5,12H,6-11H2,1H3. The van der Waals surface area contributed by atoms with Crippen molar-refractivity contribution >= 4 is 21.6 Å². The molecule has 0 spiro atoms. The van der Waals surface area contributed by atoms with E-state index in [2.05, 4.69) is 0 Å². The number of alkyl halides is 1. The molecular formula is C14H20ClNO3S. The van der Waals surface area contributed by atoms with Crippen LogP contribution < -0.4 is 0 Å². The smallest absolute Gasteiger partial charge is 0.243 e. The molecule has 1 saturated heterocycles. The summed E-state index contributed by atoms with van der Waals surface area (Å²) in [5, 5.41) is 0. The summed E-state index contributed by atoms with van der Waals surface area (Å²) in [6.07, 6.45) is 1.83. The number of rotatable bonds is 5. The number of hydrogen-bond donors (Lipinski definition) is 0. The summed E-state index contributed by atoms with van der Waals surface area (Å²) in [7, 11) is -1.84. The lowest BCUT2D eigenvalue weighted by Crippen LogP contribution is -2.34. The first-order chi connectivity index (χ1) is 9.55. The third-order valence-corrected chi connectivity index (χ3v) is 5.87. The van der Waals surface area contributed by atoms with Crippen molar-refractivity contribution in [2.24, 2.45) is 5.92 Å². The average molecular weight is 318 g/mol. The second-order valence-corrected chi connectivity index (χ2v) is 7.36. The summed E-state index contributed by atoms with van der Waals surface area (Å²) in [4.78, 5) is 0.310. The average Bonchev–Trinajstić information content (AvgIpc) is 2.48. The maximum Gasteiger partial charge on any atom is 0.243 e. The summed E-state index contributed by atoms with van der Waals surface area (Å²) in [6.45, 7) is 1.97. The highest BCUT2D eigenvalue weighted by molar-refractivity contribution is 7.89. The minimum Gasteiger partial charge on any atom is -0.381 e. The molecular weight excluding hydrogens is 298 g/mol. The van der Waals surface area contributed by atoms with Crippen LogP contribution in [0.4, 0.5) is 0 Å². The van der Waals surface area contributed by atoms with Gasteiger partial charge >= 0.3 is 0 Å². The van der Waals surface area contributed by atoms with Gasteiger partial charge in [-0.1, -0.05) is 18.2 Å². The van der Waals surface area contributed by atoms with Gasteiger partial charge in [0.2, 0.25) is 10.0 Å². The largest absolute Gasteiger partial charge is 0.381 e. The molecule has 112 valence electrons. The van der Waals surface area contributed by atoms with Crippen molar-refractivity contribution in [3.8, 4) is 0 Å². The normalized spacial score (nSPS) is 17.6. The molecule has 4 nitrogen and oxygen atoms in total. The molecule has 0 unspecified atom stereocenters. The van der Waals surface area contributed by atoms with Crippen LogP contribution in [0.1, 0.15) is 18.4 Å². The highest BCUT2D eigenvalue weighted by atomic mass is 35.5. The zero-order valence-corrected chi connectivity index (χ0v) is 13.2. The van der Waals surface area contributed by atoms with Crippen LogP contribution in [0.3, 0.4) is 0 Å². The van der Waals surface area contributed by atoms with E-state index in [1.54, 1.807) is 31.3 Å². The van der Waals surface area contributed by atoms with Gasteiger partial charge in [0.15, 0.2) is 0 Å². The second kappa shape index (κ2) is 6.89. The van der Waals surface area contributed by atoms with Gasteiger partial charge in [0, 0.05) is 32.7 Å². The van der Waals surface area contributed by atoms with Gasteiger partial charge in [-0.2, -0.15) is 0 Å². The Hall–Kier alpha value is -0.620. The van der Waals surface area contributed by atoms with Crippen molar-refractivity contribution in [2.45, 2.75) is 23.6 Å². The van der Waals surface area contributed by atoms with Crippen LogP contribution in [0.25, 0.3) is 0 Å². The number of hydrogen-bond acceptors (Lipinski definition) is 3. The van der Waals surface area contributed by atoms with Crippen molar-refractivity contribution in [3.05, 3.63) is 29.8 Å². The van der Waals surface area contributed by atoms with E-state index >= 15 is 0 Å². The lowest BCUT2D eigenvalue weighted by molar-refractivity contribution is 0.0620. The van der Waals surface area contributed by atoms with Crippen molar-refractivity contribution < 1.29 is 13.2 Å². The molecule has 0 saturated carbocycles. The van der Waals surface area contributed by atoms with Crippen molar-refractivity contribution in [1.82, 2.24) is 4.31 Å². The predicted octanol–water partition coefficient (Wildman–Crippen LogP) is 2.47. The minimum atomic E-state index is -3.47. The molecule has 0 bridgehead atoms. The molecule has 20 heavy (non-hydrogen) atoms. The predicted molar refractivity (Wildman–Crippen MR) is 79.4 cm³/mol. The van der Waals surface area contributed by atoms with Crippen LogP contribution in [-0.4, -0.2) is 39.5 Å². The lowest BCUT2D eigenvalue weighted by atomic mass is 10.0. The molecule has 0 aliphatic carbocycles. The van der Waals surface area contributed by atoms with E-state index in [9.17, 15) is 8.42 Å². The van der Waals surface area contributed by atoms with Crippen molar-refractivity contribution in [2.75, 3.05) is 26.8 Å². The van der Waals surface area contributed by atoms with Crippen molar-refractivity contribution in [3.63, 3.8) is 0 Å². The van der Waals surface area contributed by atoms with E-state index in [-0.39, 0.29) is 5.88 Å². The molecule has 1 aliphatic heterocycles. The zero-order chi connectivity index (χ0) is 14.6. The summed E-state index contributed by atoms with van der Waals surface area (Å²) in [5.74, 6) is 0.562. The Kier molecular flexibility index (Phi) is 5.43. The fourth-order valence-corrected chi connectivity index (χ4v) is 4.20. The van der Waals surface area contributed by atoms with Gasteiger partial charge in [0.25, 0.3) is 0 Å². The third-order valence-electron chi connectivity index (χ3n) is 3.66. The number of sulfonamides is 1. The Morgan fingerprint density at radius 2 is 1.95 bits per heavy atom. The molecule has 0 amide bonds. The molecule has 0 N–H and O–H groups in total. The Labute approximate surface area is 125 Å². The topological polar surface area (TPSA) is 46.6 Å². The Bertz CT molecular complexity index is 541. The highest BCUT2D eigenvalue weighted by Gasteiger charge is 2.26. The van der Waals surface area contributed by atoms with E-state index in [1.165, 1.54) is 4.31 Å². The second-order valence-electron chi connectivity index (χ2n) is 5.08. The van der Waals surface area contributed by atoms with Crippen LogP contribution in [-0.2, 0) is 20.6 Å². The summed E-state index contributed by atoms with van der Waals surface area (Å²) in [6, 6.07) is 6.90. The van der Waals surface area contributed by atoms with Gasteiger partial charge in [-0.25, -0.2) is 12.7 Å². The molecule has 1 heterocycles. The number of ether oxygens (including phenoxy) is 1. The SMILES string of the molecule is CN(CC1CCOCC1)S(=O)(=O)c1ccccc1CCl. The van der Waals surface area contributed by atoms with Crippen LogP contribution >= 0.6 is 11.6 Å². The quantitative estimate of drug-likeness (QED) is 0.784. The van der Waals surface area contributed by atoms with Crippen LogP contribution in [0.2, 0.25) is 0 Å². The third kappa shape index (κ3) is 3.52. The zero-order valence-electron chi connectivity index (χ0n) is 11.6. The maximum absolute atomic E-state index is 12.6. The Morgan fingerprint density at radius 3 is 2.60 bits per heavy atom. The molecule has 0 aromatic heterocycles. The van der Waals surface area contributed by atoms with Gasteiger partial charge in [-0.15, -0.1) is 11.6 Å². The van der Waals surface area contributed by atoms with Gasteiger partial charge in [-0.05, 0) is 30.4 Å². The van der Waals surface area contributed by atoms with Gasteiger partial charge < -0.3 is 4.74 Å². The molecule has 0 radical (unpaired) electrons. The number of halogens is 1. The van der Waals surface area contributed by atoms with Crippen LogP contribution in [0.15, 0.2) is 29.2 Å². The molecule has 1 aromatic rings. The first-order valence-corrected chi connectivity index (χ1v) is 8.71. The monoisotopic (exact) mass is 317 g/mol. The van der Waals surface area contributed by atoms with E-state index < -0.39 is 10.0 Å². The first-order valence-electron chi connectivity index (χ1n) is 6.73. The lowest BCUT2D eigenvalue weighted by Gasteiger charge is -2.27. The minimum absolute atomic E-state index is 0.195. The highest BCUT2D eigenvalue weighted by Crippen LogP contribution is 2.23. The van der Waals surface area contributed by atoms with E-state index in [0.717, 1.165) is 26.1 Å². The Morgan fingerprint density at radius 1 is 1.30 bits per heavy atom. The number of benzene rings is 1. The number of nitrogens with zero attached hydrogens (tertiary/aromatic N) is 1. The van der Waals surface area contributed by atoms with Crippen LogP contribution in [0.5, 0.6) is 0 Å². The molecule has 0 atom stereocenters. The first kappa shape index (κ1) is 15.8. The van der Waals surface area contributed by atoms with E-state index in [1.807, 2.05) is 0 Å². The molecule has 1 aliphatic rings. The fraction of sp³-hybridized carbons (Fsp3) is 0.571. The maximum atomic E-state index is 12.6. The van der Waals surface area contributed by atoms with E-state index in [0.29, 0.717) is 22.9 Å². The molecule has 6 heteroatoms. The molecule has 1 fully saturated rings. The van der Waals surface area contributed by atoms with Crippen LogP contribution in [0, 0.1) is 5.92 Å². The van der Waals surface area contributed by atoms with Gasteiger partial charge in [0.05, 0.1) is 4.90 Å².